The molecule has 1 amide bonds. The van der Waals surface area contributed by atoms with Crippen molar-refractivity contribution in [1.29, 1.82) is 0 Å². The number of alkyl carbamates (subject to hydrolysis) is 1. The molecule has 0 saturated heterocycles. The number of amides is 1. The zero-order chi connectivity index (χ0) is 21.9. The summed E-state index contributed by atoms with van der Waals surface area (Å²) < 4.78 is 39.7. The SMILES string of the molecule is CN=C(NCCCNC(=O)OC(C)(C)C)NCc1ccc(OC)c(OC(F)F)c1. The molecule has 10 heteroatoms. The Morgan fingerprint density at radius 2 is 1.83 bits per heavy atom. The highest BCUT2D eigenvalue weighted by Gasteiger charge is 2.15. The van der Waals surface area contributed by atoms with Crippen LogP contribution in [0.5, 0.6) is 11.5 Å². The van der Waals surface area contributed by atoms with Crippen molar-refractivity contribution in [3.63, 3.8) is 0 Å². The van der Waals surface area contributed by atoms with Crippen molar-refractivity contribution in [3.05, 3.63) is 23.8 Å². The number of carbonyl (C=O) groups excluding carboxylic acids is 1. The van der Waals surface area contributed by atoms with Gasteiger partial charge in [0, 0.05) is 26.7 Å². The normalized spacial score (nSPS) is 11.8. The standard InChI is InChI=1S/C19H30F2N4O4/c1-19(2,3)29-18(26)24-10-6-9-23-17(22-4)25-12-13-7-8-14(27-5)15(11-13)28-16(20)21/h7-8,11,16H,6,9-10,12H2,1-5H3,(H,24,26)(H2,22,23,25). The number of halogens is 2. The lowest BCUT2D eigenvalue weighted by molar-refractivity contribution is -0.0512. The van der Waals surface area contributed by atoms with E-state index in [4.69, 9.17) is 9.47 Å². The molecule has 0 aromatic heterocycles. The molecule has 0 bridgehead atoms. The van der Waals surface area contributed by atoms with Crippen LogP contribution in [0.25, 0.3) is 0 Å². The van der Waals surface area contributed by atoms with Crippen LogP contribution in [-0.2, 0) is 11.3 Å². The van der Waals surface area contributed by atoms with Gasteiger partial charge in [-0.05, 0) is 44.9 Å². The topological polar surface area (TPSA) is 93.2 Å². The Morgan fingerprint density at radius 3 is 2.41 bits per heavy atom. The van der Waals surface area contributed by atoms with Gasteiger partial charge < -0.3 is 30.2 Å². The summed E-state index contributed by atoms with van der Waals surface area (Å²) in [6.07, 6.45) is 0.204. The number of alkyl halides is 2. The van der Waals surface area contributed by atoms with Crippen LogP contribution in [0.15, 0.2) is 23.2 Å². The highest BCUT2D eigenvalue weighted by Crippen LogP contribution is 2.29. The van der Waals surface area contributed by atoms with Crippen molar-refractivity contribution in [2.75, 3.05) is 27.2 Å². The van der Waals surface area contributed by atoms with E-state index in [1.165, 1.54) is 13.2 Å². The maximum atomic E-state index is 12.5. The van der Waals surface area contributed by atoms with Crippen LogP contribution in [0, 0.1) is 0 Å². The highest BCUT2D eigenvalue weighted by molar-refractivity contribution is 5.79. The number of rotatable bonds is 9. The lowest BCUT2D eigenvalue weighted by Gasteiger charge is -2.19. The number of ether oxygens (including phenoxy) is 3. The molecular weight excluding hydrogens is 386 g/mol. The lowest BCUT2D eigenvalue weighted by atomic mass is 10.2. The quantitative estimate of drug-likeness (QED) is 0.326. The molecule has 8 nitrogen and oxygen atoms in total. The molecule has 0 radical (unpaired) electrons. The van der Waals surface area contributed by atoms with Crippen LogP contribution in [0.3, 0.4) is 0 Å². The largest absolute Gasteiger partial charge is 0.493 e. The molecule has 0 aliphatic carbocycles. The van der Waals surface area contributed by atoms with E-state index in [-0.39, 0.29) is 11.5 Å². The van der Waals surface area contributed by atoms with E-state index in [1.54, 1.807) is 40.0 Å². The van der Waals surface area contributed by atoms with Crippen LogP contribution in [0.4, 0.5) is 13.6 Å². The fraction of sp³-hybridized carbons (Fsp3) is 0.579. The van der Waals surface area contributed by atoms with E-state index in [0.29, 0.717) is 32.0 Å². The second-order valence-corrected chi connectivity index (χ2v) is 7.00. The monoisotopic (exact) mass is 416 g/mol. The predicted molar refractivity (Wildman–Crippen MR) is 107 cm³/mol. The molecule has 0 fully saturated rings. The molecule has 0 unspecified atom stereocenters. The second kappa shape index (κ2) is 11.9. The zero-order valence-corrected chi connectivity index (χ0v) is 17.5. The van der Waals surface area contributed by atoms with Crippen molar-refractivity contribution in [3.8, 4) is 11.5 Å². The Bertz CT molecular complexity index is 679. The van der Waals surface area contributed by atoms with E-state index in [1.807, 2.05) is 0 Å². The zero-order valence-electron chi connectivity index (χ0n) is 17.5. The Hall–Kier alpha value is -2.78. The van der Waals surface area contributed by atoms with Crippen LogP contribution in [0.1, 0.15) is 32.8 Å². The molecule has 164 valence electrons. The van der Waals surface area contributed by atoms with Crippen LogP contribution in [0.2, 0.25) is 0 Å². The second-order valence-electron chi connectivity index (χ2n) is 7.00. The van der Waals surface area contributed by atoms with Gasteiger partial charge in [-0.15, -0.1) is 0 Å². The van der Waals surface area contributed by atoms with Crippen LogP contribution < -0.4 is 25.4 Å². The third-order valence-corrected chi connectivity index (χ3v) is 3.44. The maximum absolute atomic E-state index is 12.5. The van der Waals surface area contributed by atoms with E-state index in [2.05, 4.69) is 25.7 Å². The third-order valence-electron chi connectivity index (χ3n) is 3.44. The summed E-state index contributed by atoms with van der Waals surface area (Å²) in [6, 6.07) is 4.78. The number of aliphatic imine (C=N–C) groups is 1. The first-order valence-corrected chi connectivity index (χ1v) is 9.17. The summed E-state index contributed by atoms with van der Waals surface area (Å²) >= 11 is 0. The van der Waals surface area contributed by atoms with Gasteiger partial charge in [0.05, 0.1) is 7.11 Å². The molecule has 0 heterocycles. The van der Waals surface area contributed by atoms with Gasteiger partial charge in [0.15, 0.2) is 17.5 Å². The molecular formula is C19H30F2N4O4. The number of hydrogen-bond acceptors (Lipinski definition) is 5. The first-order chi connectivity index (χ1) is 13.6. The van der Waals surface area contributed by atoms with Crippen molar-refractivity contribution in [2.24, 2.45) is 4.99 Å². The Kier molecular flexibility index (Phi) is 9.98. The number of guanidine groups is 1. The summed E-state index contributed by atoms with van der Waals surface area (Å²) in [6.45, 7) is 3.83. The summed E-state index contributed by atoms with van der Waals surface area (Å²) in [5.74, 6) is 0.737. The number of nitrogens with one attached hydrogen (secondary N) is 3. The Balaban J connectivity index is 2.40. The van der Waals surface area contributed by atoms with Crippen molar-refractivity contribution in [2.45, 2.75) is 45.9 Å². The molecule has 1 aromatic rings. The number of methoxy groups -OCH3 is 1. The molecule has 0 aliphatic heterocycles. The van der Waals surface area contributed by atoms with Crippen molar-refractivity contribution in [1.82, 2.24) is 16.0 Å². The molecule has 0 spiro atoms. The minimum absolute atomic E-state index is 0.0297. The minimum Gasteiger partial charge on any atom is -0.493 e. The van der Waals surface area contributed by atoms with Crippen LogP contribution in [-0.4, -0.2) is 51.5 Å². The fourth-order valence-electron chi connectivity index (χ4n) is 2.23. The van der Waals surface area contributed by atoms with Gasteiger partial charge in [-0.1, -0.05) is 6.07 Å². The lowest BCUT2D eigenvalue weighted by Crippen LogP contribution is -2.39. The molecule has 1 aromatic carbocycles. The van der Waals surface area contributed by atoms with E-state index >= 15 is 0 Å². The van der Waals surface area contributed by atoms with E-state index in [0.717, 1.165) is 5.56 Å². The first kappa shape index (κ1) is 24.3. The minimum atomic E-state index is -2.93. The van der Waals surface area contributed by atoms with Crippen LogP contribution >= 0.6 is 0 Å². The van der Waals surface area contributed by atoms with Gasteiger partial charge in [0.1, 0.15) is 5.60 Å². The summed E-state index contributed by atoms with van der Waals surface area (Å²) in [7, 11) is 3.00. The Labute approximate surface area is 170 Å². The van der Waals surface area contributed by atoms with Gasteiger partial charge in [-0.2, -0.15) is 8.78 Å². The van der Waals surface area contributed by atoms with Gasteiger partial charge in [0.25, 0.3) is 0 Å². The third kappa shape index (κ3) is 10.4. The predicted octanol–water partition coefficient (Wildman–Crippen LogP) is 2.88. The van der Waals surface area contributed by atoms with E-state index in [9.17, 15) is 13.6 Å². The number of nitrogens with zero attached hydrogens (tertiary/aromatic N) is 1. The fourth-order valence-corrected chi connectivity index (χ4v) is 2.23. The molecule has 1 rings (SSSR count). The number of benzene rings is 1. The molecule has 0 aliphatic rings. The van der Waals surface area contributed by atoms with Crippen molar-refractivity contribution >= 4 is 12.1 Å². The molecule has 3 N–H and O–H groups in total. The average molecular weight is 416 g/mol. The van der Waals surface area contributed by atoms with Gasteiger partial charge in [0.2, 0.25) is 0 Å². The summed E-state index contributed by atoms with van der Waals surface area (Å²) in [4.78, 5) is 15.7. The summed E-state index contributed by atoms with van der Waals surface area (Å²) in [5.41, 5.74) is 0.187. The van der Waals surface area contributed by atoms with E-state index < -0.39 is 18.3 Å². The molecule has 0 saturated carbocycles. The highest BCUT2D eigenvalue weighted by atomic mass is 19.3. The average Bonchev–Trinajstić information content (AvgIpc) is 2.62. The van der Waals surface area contributed by atoms with Gasteiger partial charge in [-0.25, -0.2) is 4.79 Å². The summed E-state index contributed by atoms with van der Waals surface area (Å²) in [5, 5.41) is 8.85. The Morgan fingerprint density at radius 1 is 1.14 bits per heavy atom. The maximum Gasteiger partial charge on any atom is 0.407 e. The number of carbonyl (C=O) groups is 1. The van der Waals surface area contributed by atoms with Crippen molar-refractivity contribution < 1.29 is 27.8 Å². The number of hydrogen-bond donors (Lipinski definition) is 3. The van der Waals surface area contributed by atoms with Gasteiger partial charge in [-0.3, -0.25) is 4.99 Å². The first-order valence-electron chi connectivity index (χ1n) is 9.17. The molecule has 0 atom stereocenters. The van der Waals surface area contributed by atoms with Gasteiger partial charge >= 0.3 is 12.7 Å². The smallest absolute Gasteiger partial charge is 0.407 e. The molecule has 29 heavy (non-hydrogen) atoms.